The molecule has 0 saturated carbocycles. The minimum absolute atomic E-state index is 0.218. The normalized spacial score (nSPS) is 11.0. The number of amides is 2. The van der Waals surface area contributed by atoms with Crippen LogP contribution in [0.2, 0.25) is 0 Å². The molecule has 0 heterocycles. The van der Waals surface area contributed by atoms with Crippen LogP contribution < -0.4 is 10.6 Å². The van der Waals surface area contributed by atoms with Crippen molar-refractivity contribution in [3.05, 3.63) is 35.9 Å². The average Bonchev–Trinajstić information content (AvgIpc) is 2.49. The Kier molecular flexibility index (Phi) is 6.92. The minimum atomic E-state index is -1.05. The van der Waals surface area contributed by atoms with Crippen LogP contribution in [0.4, 0.5) is 0 Å². The molecule has 0 atom stereocenters. The highest BCUT2D eigenvalue weighted by Gasteiger charge is 2.35. The summed E-state index contributed by atoms with van der Waals surface area (Å²) in [6, 6.07) is 9.66. The lowest BCUT2D eigenvalue weighted by atomic mass is 9.91. The number of carbonyl (C=O) groups is 2. The molecule has 4 heteroatoms. The van der Waals surface area contributed by atoms with E-state index < -0.39 is 5.41 Å². The molecule has 0 fully saturated rings. The first-order valence-electron chi connectivity index (χ1n) is 7.59. The van der Waals surface area contributed by atoms with E-state index in [1.807, 2.05) is 30.3 Å². The first kappa shape index (κ1) is 17.2. The second-order valence-electron chi connectivity index (χ2n) is 5.76. The Labute approximate surface area is 127 Å². The van der Waals surface area contributed by atoms with Gasteiger partial charge in [-0.2, -0.15) is 0 Å². The third kappa shape index (κ3) is 5.58. The third-order valence-corrected chi connectivity index (χ3v) is 3.50. The molecule has 1 aromatic rings. The maximum absolute atomic E-state index is 12.2. The standard InChI is InChI=1S/C17H26N2O2/c1-4-5-9-12-18-15(20)17(2,3)16(21)19-13-14-10-7-6-8-11-14/h6-8,10-11H,4-5,9,12-13H2,1-3H3,(H,18,20)(H,19,21). The molecular formula is C17H26N2O2. The van der Waals surface area contributed by atoms with Gasteiger partial charge in [-0.05, 0) is 25.8 Å². The zero-order chi connectivity index (χ0) is 15.7. The lowest BCUT2D eigenvalue weighted by Crippen LogP contribution is -2.47. The smallest absolute Gasteiger partial charge is 0.235 e. The highest BCUT2D eigenvalue weighted by atomic mass is 16.2. The summed E-state index contributed by atoms with van der Waals surface area (Å²) in [6.07, 6.45) is 3.14. The molecule has 0 aromatic heterocycles. The van der Waals surface area contributed by atoms with Gasteiger partial charge in [0, 0.05) is 13.1 Å². The van der Waals surface area contributed by atoms with Gasteiger partial charge >= 0.3 is 0 Å². The highest BCUT2D eigenvalue weighted by Crippen LogP contribution is 2.16. The van der Waals surface area contributed by atoms with Crippen LogP contribution in [0.3, 0.4) is 0 Å². The van der Waals surface area contributed by atoms with Crippen LogP contribution in [0.15, 0.2) is 30.3 Å². The fourth-order valence-electron chi connectivity index (χ4n) is 1.90. The molecule has 0 spiro atoms. The van der Waals surface area contributed by atoms with Gasteiger partial charge in [-0.25, -0.2) is 0 Å². The van der Waals surface area contributed by atoms with Crippen molar-refractivity contribution in [2.24, 2.45) is 5.41 Å². The first-order valence-corrected chi connectivity index (χ1v) is 7.59. The van der Waals surface area contributed by atoms with Gasteiger partial charge in [0.1, 0.15) is 5.41 Å². The lowest BCUT2D eigenvalue weighted by Gasteiger charge is -2.22. The van der Waals surface area contributed by atoms with E-state index >= 15 is 0 Å². The van der Waals surface area contributed by atoms with Crippen molar-refractivity contribution in [1.82, 2.24) is 10.6 Å². The molecule has 0 unspecified atom stereocenters. The van der Waals surface area contributed by atoms with Crippen molar-refractivity contribution < 1.29 is 9.59 Å². The summed E-state index contributed by atoms with van der Waals surface area (Å²) in [7, 11) is 0. The maximum atomic E-state index is 12.2. The second kappa shape index (κ2) is 8.45. The maximum Gasteiger partial charge on any atom is 0.235 e. The number of benzene rings is 1. The summed E-state index contributed by atoms with van der Waals surface area (Å²) < 4.78 is 0. The fourth-order valence-corrected chi connectivity index (χ4v) is 1.90. The summed E-state index contributed by atoms with van der Waals surface area (Å²) in [5.74, 6) is -0.469. The minimum Gasteiger partial charge on any atom is -0.355 e. The van der Waals surface area contributed by atoms with Gasteiger partial charge in [0.05, 0.1) is 0 Å². The Morgan fingerprint density at radius 3 is 2.24 bits per heavy atom. The monoisotopic (exact) mass is 290 g/mol. The van der Waals surface area contributed by atoms with Crippen LogP contribution in [0, 0.1) is 5.41 Å². The van der Waals surface area contributed by atoms with Crippen molar-refractivity contribution in [2.75, 3.05) is 6.54 Å². The van der Waals surface area contributed by atoms with Gasteiger partial charge in [0.15, 0.2) is 0 Å². The van der Waals surface area contributed by atoms with Crippen LogP contribution in [-0.2, 0) is 16.1 Å². The van der Waals surface area contributed by atoms with Crippen molar-refractivity contribution in [3.8, 4) is 0 Å². The van der Waals surface area contributed by atoms with Gasteiger partial charge in [0.2, 0.25) is 11.8 Å². The van der Waals surface area contributed by atoms with Crippen LogP contribution in [-0.4, -0.2) is 18.4 Å². The van der Waals surface area contributed by atoms with E-state index in [0.717, 1.165) is 24.8 Å². The van der Waals surface area contributed by atoms with Crippen LogP contribution >= 0.6 is 0 Å². The van der Waals surface area contributed by atoms with Crippen LogP contribution in [0.25, 0.3) is 0 Å². The quantitative estimate of drug-likeness (QED) is 0.571. The first-order chi connectivity index (χ1) is 9.98. The molecule has 0 bridgehead atoms. The molecule has 0 radical (unpaired) electrons. The van der Waals surface area contributed by atoms with E-state index in [-0.39, 0.29) is 11.8 Å². The molecule has 21 heavy (non-hydrogen) atoms. The Bertz CT molecular complexity index is 455. The van der Waals surface area contributed by atoms with Crippen molar-refractivity contribution in [1.29, 1.82) is 0 Å². The summed E-state index contributed by atoms with van der Waals surface area (Å²) in [5, 5.41) is 5.66. The van der Waals surface area contributed by atoms with Crippen molar-refractivity contribution >= 4 is 11.8 Å². The molecule has 2 amide bonds. The summed E-state index contributed by atoms with van der Waals surface area (Å²) >= 11 is 0. The predicted octanol–water partition coefficient (Wildman–Crippen LogP) is 2.64. The zero-order valence-corrected chi connectivity index (χ0v) is 13.2. The number of carbonyl (C=O) groups excluding carboxylic acids is 2. The summed E-state index contributed by atoms with van der Waals surface area (Å²) in [6.45, 7) is 6.49. The largest absolute Gasteiger partial charge is 0.355 e. The van der Waals surface area contributed by atoms with E-state index in [1.165, 1.54) is 0 Å². The lowest BCUT2D eigenvalue weighted by molar-refractivity contribution is -0.141. The van der Waals surface area contributed by atoms with Crippen molar-refractivity contribution in [3.63, 3.8) is 0 Å². The molecular weight excluding hydrogens is 264 g/mol. The van der Waals surface area contributed by atoms with Gasteiger partial charge in [-0.15, -0.1) is 0 Å². The number of nitrogens with one attached hydrogen (secondary N) is 2. The molecule has 1 aromatic carbocycles. The Balaban J connectivity index is 2.44. The van der Waals surface area contributed by atoms with E-state index in [0.29, 0.717) is 13.1 Å². The summed E-state index contributed by atoms with van der Waals surface area (Å²) in [4.78, 5) is 24.3. The van der Waals surface area contributed by atoms with E-state index in [9.17, 15) is 9.59 Å². The van der Waals surface area contributed by atoms with Gasteiger partial charge in [0.25, 0.3) is 0 Å². The fraction of sp³-hybridized carbons (Fsp3) is 0.529. The number of rotatable bonds is 8. The van der Waals surface area contributed by atoms with Crippen LogP contribution in [0.1, 0.15) is 45.6 Å². The number of hydrogen-bond donors (Lipinski definition) is 2. The van der Waals surface area contributed by atoms with E-state index in [2.05, 4.69) is 17.6 Å². The molecule has 116 valence electrons. The average molecular weight is 290 g/mol. The van der Waals surface area contributed by atoms with Gasteiger partial charge in [-0.3, -0.25) is 9.59 Å². The van der Waals surface area contributed by atoms with Gasteiger partial charge in [-0.1, -0.05) is 50.1 Å². The van der Waals surface area contributed by atoms with Crippen molar-refractivity contribution in [2.45, 2.75) is 46.6 Å². The second-order valence-corrected chi connectivity index (χ2v) is 5.76. The molecule has 0 aliphatic carbocycles. The molecule has 2 N–H and O–H groups in total. The molecule has 0 aliphatic heterocycles. The van der Waals surface area contributed by atoms with E-state index in [4.69, 9.17) is 0 Å². The van der Waals surface area contributed by atoms with Gasteiger partial charge < -0.3 is 10.6 Å². The Morgan fingerprint density at radius 2 is 1.62 bits per heavy atom. The Hall–Kier alpha value is -1.84. The molecule has 4 nitrogen and oxygen atoms in total. The third-order valence-electron chi connectivity index (χ3n) is 3.50. The van der Waals surface area contributed by atoms with Crippen LogP contribution in [0.5, 0.6) is 0 Å². The zero-order valence-electron chi connectivity index (χ0n) is 13.2. The molecule has 1 rings (SSSR count). The van der Waals surface area contributed by atoms with E-state index in [1.54, 1.807) is 13.8 Å². The Morgan fingerprint density at radius 1 is 1.00 bits per heavy atom. The SMILES string of the molecule is CCCCCNC(=O)C(C)(C)C(=O)NCc1ccccc1. The summed E-state index contributed by atoms with van der Waals surface area (Å²) in [5.41, 5.74) is -0.0360. The molecule has 0 aliphatic rings. The number of unbranched alkanes of at least 4 members (excludes halogenated alkanes) is 2. The topological polar surface area (TPSA) is 58.2 Å². The highest BCUT2D eigenvalue weighted by molar-refractivity contribution is 6.04. The number of hydrogen-bond acceptors (Lipinski definition) is 2. The predicted molar refractivity (Wildman–Crippen MR) is 84.6 cm³/mol. The molecule has 0 saturated heterocycles.